The van der Waals surface area contributed by atoms with E-state index in [2.05, 4.69) is 53.9 Å². The van der Waals surface area contributed by atoms with Gasteiger partial charge in [0.05, 0.1) is 0 Å². The monoisotopic (exact) mass is 291 g/mol. The summed E-state index contributed by atoms with van der Waals surface area (Å²) in [6, 6.07) is 2.63. The van der Waals surface area contributed by atoms with E-state index in [0.717, 1.165) is 50.4 Å². The fraction of sp³-hybridized carbons (Fsp3) is 0.750. The van der Waals surface area contributed by atoms with Gasteiger partial charge in [-0.25, -0.2) is 4.98 Å². The third-order valence-electron chi connectivity index (χ3n) is 3.72. The molecule has 1 aliphatic rings. The van der Waals surface area contributed by atoms with Gasteiger partial charge < -0.3 is 16.0 Å². The molecule has 0 spiro atoms. The van der Waals surface area contributed by atoms with Crippen molar-refractivity contribution in [3.8, 4) is 0 Å². The van der Waals surface area contributed by atoms with Crippen LogP contribution in [-0.2, 0) is 6.42 Å². The van der Waals surface area contributed by atoms with E-state index in [9.17, 15) is 0 Å². The van der Waals surface area contributed by atoms with E-state index in [4.69, 9.17) is 5.73 Å². The molecular formula is C16H29N5. The number of nitrogens with two attached hydrogens (primary N) is 1. The molecule has 1 aromatic rings. The predicted octanol–water partition coefficient (Wildman–Crippen LogP) is 2.23. The van der Waals surface area contributed by atoms with Crippen LogP contribution in [-0.4, -0.2) is 35.6 Å². The molecule has 2 heterocycles. The minimum atomic E-state index is 0.320. The maximum Gasteiger partial charge on any atom is 0.222 e. The van der Waals surface area contributed by atoms with E-state index in [0.29, 0.717) is 17.4 Å². The van der Waals surface area contributed by atoms with Gasteiger partial charge in [-0.3, -0.25) is 0 Å². The molecule has 118 valence electrons. The molecule has 1 aromatic heterocycles. The standard InChI is InChI=1S/C16H29N5/c1-5-6-12-9-14(20-15(17)19-12)21-8-7-13(10-21)18-11-16(2,3)4/h9,13,18H,5-8,10-11H2,1-4H3,(H2,17,19,20). The van der Waals surface area contributed by atoms with Crippen molar-refractivity contribution in [2.45, 2.75) is 53.0 Å². The maximum atomic E-state index is 5.84. The Balaban J connectivity index is 1.97. The number of nitrogen functional groups attached to an aromatic ring is 1. The average Bonchev–Trinajstić information content (AvgIpc) is 2.84. The third-order valence-corrected chi connectivity index (χ3v) is 3.72. The summed E-state index contributed by atoms with van der Waals surface area (Å²) in [7, 11) is 0. The summed E-state index contributed by atoms with van der Waals surface area (Å²) >= 11 is 0. The minimum Gasteiger partial charge on any atom is -0.368 e. The van der Waals surface area contributed by atoms with Crippen molar-refractivity contribution in [2.24, 2.45) is 5.41 Å². The van der Waals surface area contributed by atoms with E-state index in [-0.39, 0.29) is 0 Å². The number of nitrogens with one attached hydrogen (secondary N) is 1. The second-order valence-electron chi connectivity index (χ2n) is 7.20. The number of rotatable bonds is 5. The second-order valence-corrected chi connectivity index (χ2v) is 7.20. The molecule has 1 fully saturated rings. The Morgan fingerprint density at radius 2 is 2.14 bits per heavy atom. The largest absolute Gasteiger partial charge is 0.368 e. The van der Waals surface area contributed by atoms with Gasteiger partial charge in [-0.2, -0.15) is 4.98 Å². The third kappa shape index (κ3) is 4.84. The van der Waals surface area contributed by atoms with Gasteiger partial charge in [0.2, 0.25) is 5.95 Å². The van der Waals surface area contributed by atoms with Crippen molar-refractivity contribution in [3.63, 3.8) is 0 Å². The molecule has 5 nitrogen and oxygen atoms in total. The summed E-state index contributed by atoms with van der Waals surface area (Å²) in [6.07, 6.45) is 3.19. The summed E-state index contributed by atoms with van der Waals surface area (Å²) in [5.74, 6) is 1.37. The highest BCUT2D eigenvalue weighted by atomic mass is 15.2. The molecule has 21 heavy (non-hydrogen) atoms. The molecule has 3 N–H and O–H groups in total. The first-order valence-corrected chi connectivity index (χ1v) is 7.99. The Hall–Kier alpha value is -1.36. The number of hydrogen-bond donors (Lipinski definition) is 2. The highest BCUT2D eigenvalue weighted by Gasteiger charge is 2.25. The number of nitrogens with zero attached hydrogens (tertiary/aromatic N) is 3. The Kier molecular flexibility index (Phi) is 5.04. The highest BCUT2D eigenvalue weighted by Crippen LogP contribution is 2.21. The maximum absolute atomic E-state index is 5.84. The van der Waals surface area contributed by atoms with Crippen LogP contribution >= 0.6 is 0 Å². The predicted molar refractivity (Wildman–Crippen MR) is 88.5 cm³/mol. The summed E-state index contributed by atoms with van der Waals surface area (Å²) in [4.78, 5) is 11.0. The first kappa shape index (κ1) is 16.0. The summed E-state index contributed by atoms with van der Waals surface area (Å²) in [6.45, 7) is 12.0. The Morgan fingerprint density at radius 1 is 1.38 bits per heavy atom. The zero-order chi connectivity index (χ0) is 15.5. The van der Waals surface area contributed by atoms with Gasteiger partial charge in [0.1, 0.15) is 5.82 Å². The van der Waals surface area contributed by atoms with Crippen LogP contribution in [0.2, 0.25) is 0 Å². The molecule has 0 radical (unpaired) electrons. The van der Waals surface area contributed by atoms with Crippen LogP contribution in [0, 0.1) is 5.41 Å². The molecular weight excluding hydrogens is 262 g/mol. The molecule has 1 unspecified atom stereocenters. The molecule has 5 heteroatoms. The molecule has 2 rings (SSSR count). The Bertz CT molecular complexity index is 466. The molecule has 1 saturated heterocycles. The van der Waals surface area contributed by atoms with Crippen LogP contribution in [0.4, 0.5) is 11.8 Å². The average molecular weight is 291 g/mol. The molecule has 0 aromatic carbocycles. The first-order chi connectivity index (χ1) is 9.87. The molecule has 1 atom stereocenters. The van der Waals surface area contributed by atoms with Gasteiger partial charge >= 0.3 is 0 Å². The number of hydrogen-bond acceptors (Lipinski definition) is 5. The van der Waals surface area contributed by atoms with Gasteiger partial charge in [0.15, 0.2) is 0 Å². The quantitative estimate of drug-likeness (QED) is 0.871. The highest BCUT2D eigenvalue weighted by molar-refractivity contribution is 5.44. The van der Waals surface area contributed by atoms with Gasteiger partial charge in [-0.15, -0.1) is 0 Å². The van der Waals surface area contributed by atoms with E-state index in [1.165, 1.54) is 0 Å². The molecule has 0 aliphatic carbocycles. The number of anilines is 2. The lowest BCUT2D eigenvalue weighted by atomic mass is 9.96. The van der Waals surface area contributed by atoms with E-state index in [1.807, 2.05) is 0 Å². The van der Waals surface area contributed by atoms with Gasteiger partial charge in [-0.1, -0.05) is 34.1 Å². The van der Waals surface area contributed by atoms with E-state index in [1.54, 1.807) is 0 Å². The summed E-state index contributed by atoms with van der Waals surface area (Å²) in [5.41, 5.74) is 7.21. The van der Waals surface area contributed by atoms with Crippen LogP contribution in [0.15, 0.2) is 6.07 Å². The van der Waals surface area contributed by atoms with Crippen LogP contribution in [0.3, 0.4) is 0 Å². The van der Waals surface area contributed by atoms with Gasteiger partial charge in [-0.05, 0) is 18.3 Å². The van der Waals surface area contributed by atoms with Crippen LogP contribution in [0.1, 0.15) is 46.2 Å². The van der Waals surface area contributed by atoms with Crippen LogP contribution in [0.25, 0.3) is 0 Å². The second kappa shape index (κ2) is 6.60. The van der Waals surface area contributed by atoms with Crippen LogP contribution in [0.5, 0.6) is 0 Å². The number of aromatic nitrogens is 2. The first-order valence-electron chi connectivity index (χ1n) is 7.99. The fourth-order valence-electron chi connectivity index (χ4n) is 2.63. The smallest absolute Gasteiger partial charge is 0.222 e. The van der Waals surface area contributed by atoms with E-state index < -0.39 is 0 Å². The van der Waals surface area contributed by atoms with Crippen LogP contribution < -0.4 is 16.0 Å². The summed E-state index contributed by atoms with van der Waals surface area (Å²) < 4.78 is 0. The lowest BCUT2D eigenvalue weighted by Crippen LogP contribution is -2.37. The van der Waals surface area contributed by atoms with Gasteiger partial charge in [0.25, 0.3) is 0 Å². The zero-order valence-corrected chi connectivity index (χ0v) is 13.8. The SMILES string of the molecule is CCCc1cc(N2CCC(NCC(C)(C)C)C2)nc(N)n1. The number of aryl methyl sites for hydroxylation is 1. The zero-order valence-electron chi connectivity index (χ0n) is 13.8. The van der Waals surface area contributed by atoms with Crippen molar-refractivity contribution >= 4 is 11.8 Å². The molecule has 0 amide bonds. The molecule has 0 saturated carbocycles. The van der Waals surface area contributed by atoms with E-state index >= 15 is 0 Å². The van der Waals surface area contributed by atoms with Gasteiger partial charge in [0, 0.05) is 37.4 Å². The summed E-state index contributed by atoms with van der Waals surface area (Å²) in [5, 5.41) is 3.66. The lowest BCUT2D eigenvalue weighted by molar-refractivity contribution is 0.357. The lowest BCUT2D eigenvalue weighted by Gasteiger charge is -2.23. The Labute approximate surface area is 128 Å². The van der Waals surface area contributed by atoms with Crippen molar-refractivity contribution in [1.29, 1.82) is 0 Å². The van der Waals surface area contributed by atoms with Crippen molar-refractivity contribution in [2.75, 3.05) is 30.3 Å². The topological polar surface area (TPSA) is 67.1 Å². The van der Waals surface area contributed by atoms with Crippen molar-refractivity contribution in [3.05, 3.63) is 11.8 Å². The Morgan fingerprint density at radius 3 is 2.81 bits per heavy atom. The molecule has 0 bridgehead atoms. The minimum absolute atomic E-state index is 0.320. The normalized spacial score (nSPS) is 19.2. The fourth-order valence-corrected chi connectivity index (χ4v) is 2.63. The van der Waals surface area contributed by atoms with Crippen molar-refractivity contribution < 1.29 is 0 Å². The van der Waals surface area contributed by atoms with Crippen molar-refractivity contribution in [1.82, 2.24) is 15.3 Å². The molecule has 1 aliphatic heterocycles.